The molecule has 0 saturated heterocycles. The fourth-order valence-corrected chi connectivity index (χ4v) is 14.7. The van der Waals surface area contributed by atoms with E-state index in [-0.39, 0.29) is 10.8 Å². The van der Waals surface area contributed by atoms with Crippen molar-refractivity contribution in [2.24, 2.45) is 0 Å². The zero-order chi connectivity index (χ0) is 47.8. The van der Waals surface area contributed by atoms with E-state index in [4.69, 9.17) is 0 Å². The molecule has 0 unspecified atom stereocenters. The average Bonchev–Trinajstić information content (AvgIpc) is 4.08. The normalized spacial score (nSPS) is 15.5. The molecule has 0 aromatic heterocycles. The minimum atomic E-state index is -0.124. The molecule has 0 nitrogen and oxygen atoms in total. The summed E-state index contributed by atoms with van der Waals surface area (Å²) in [5.41, 5.74) is 32.2. The number of fused-ring (bicyclic) bond motifs is 13. The number of hydrogen-bond acceptors (Lipinski definition) is 0. The Hall–Kier alpha value is -8.32. The second kappa shape index (κ2) is 14.2. The van der Waals surface area contributed by atoms with Gasteiger partial charge in [-0.2, -0.15) is 0 Å². The van der Waals surface area contributed by atoms with Crippen LogP contribution in [0.15, 0.2) is 212 Å². The lowest BCUT2D eigenvalue weighted by molar-refractivity contribution is 0.607. The molecule has 0 fully saturated rings. The fourth-order valence-electron chi connectivity index (χ4n) is 14.7. The molecule has 72 heavy (non-hydrogen) atoms. The summed E-state index contributed by atoms with van der Waals surface area (Å²) in [5, 5.41) is 7.91. The molecule has 5 aliphatic rings. The van der Waals surface area contributed by atoms with Gasteiger partial charge in [0.15, 0.2) is 0 Å². The maximum Gasteiger partial charge on any atom is 0.0159 e. The van der Waals surface area contributed by atoms with Crippen LogP contribution >= 0.6 is 0 Å². The second-order valence-electron chi connectivity index (χ2n) is 22.0. The molecule has 0 radical (unpaired) electrons. The third-order valence-electron chi connectivity index (χ3n) is 17.9. The van der Waals surface area contributed by atoms with Crippen molar-refractivity contribution in [2.45, 2.75) is 51.4 Å². The largest absolute Gasteiger partial charge is 0.0836 e. The molecule has 0 heterocycles. The highest BCUT2D eigenvalue weighted by Crippen LogP contribution is 2.65. The van der Waals surface area contributed by atoms with Crippen molar-refractivity contribution in [3.8, 4) is 100 Å². The first-order valence-electron chi connectivity index (χ1n) is 26.0. The van der Waals surface area contributed by atoms with Crippen LogP contribution < -0.4 is 0 Å². The van der Waals surface area contributed by atoms with Gasteiger partial charge in [-0.25, -0.2) is 0 Å². The average molecular weight is 915 g/mol. The zero-order valence-electron chi connectivity index (χ0n) is 41.0. The molecule has 0 bridgehead atoms. The van der Waals surface area contributed by atoms with Crippen LogP contribution in [0.25, 0.3) is 138 Å². The summed E-state index contributed by atoms with van der Waals surface area (Å²) in [6.45, 7) is 9.72. The third kappa shape index (κ3) is 5.07. The molecular weight excluding hydrogens is 865 g/mol. The summed E-state index contributed by atoms with van der Waals surface area (Å²) < 4.78 is 0. The Morgan fingerprint density at radius 3 is 1.19 bits per heavy atom. The number of benzene rings is 11. The quantitative estimate of drug-likeness (QED) is 0.165. The van der Waals surface area contributed by atoms with E-state index in [1.54, 1.807) is 5.57 Å². The van der Waals surface area contributed by atoms with Crippen molar-refractivity contribution in [3.05, 3.63) is 234 Å². The SMILES string of the molecule is CC1(C)C2=C(C=CCC2)c2ccc(-c3c4c(c(-c5ccccc5)c5ccccc35)-c3ccc5c6c(ccc-4c36)-c3c-5c(-c4ccccc4)c4ccccc4c3-c3ccc4c(c3)C(C)(C)c3ccccc3-4)cc21. The van der Waals surface area contributed by atoms with Crippen LogP contribution in [0.1, 0.15) is 62.8 Å². The smallest absolute Gasteiger partial charge is 0.0159 e. The van der Waals surface area contributed by atoms with Gasteiger partial charge in [0.2, 0.25) is 0 Å². The molecule has 5 aliphatic carbocycles. The van der Waals surface area contributed by atoms with Gasteiger partial charge >= 0.3 is 0 Å². The summed E-state index contributed by atoms with van der Waals surface area (Å²) in [6.07, 6.45) is 7.00. The summed E-state index contributed by atoms with van der Waals surface area (Å²) in [7, 11) is 0. The van der Waals surface area contributed by atoms with Crippen molar-refractivity contribution in [1.82, 2.24) is 0 Å². The highest BCUT2D eigenvalue weighted by molar-refractivity contribution is 6.35. The van der Waals surface area contributed by atoms with Crippen molar-refractivity contribution in [1.29, 1.82) is 0 Å². The van der Waals surface area contributed by atoms with E-state index < -0.39 is 0 Å². The Morgan fingerprint density at radius 1 is 0.306 bits per heavy atom. The van der Waals surface area contributed by atoms with E-state index in [1.807, 2.05) is 0 Å². The van der Waals surface area contributed by atoms with Gasteiger partial charge in [0.25, 0.3) is 0 Å². The number of rotatable bonds is 4. The van der Waals surface area contributed by atoms with Crippen molar-refractivity contribution in [2.75, 3.05) is 0 Å². The first-order valence-corrected chi connectivity index (χ1v) is 26.0. The molecule has 0 saturated carbocycles. The second-order valence-corrected chi connectivity index (χ2v) is 22.0. The minimum absolute atomic E-state index is 0.0397. The molecule has 0 atom stereocenters. The Bertz CT molecular complexity index is 4340. The van der Waals surface area contributed by atoms with E-state index >= 15 is 0 Å². The maximum absolute atomic E-state index is 2.57. The first-order chi connectivity index (χ1) is 35.3. The zero-order valence-corrected chi connectivity index (χ0v) is 41.0. The molecule has 0 N–H and O–H groups in total. The fraction of sp³-hybridized carbons (Fsp3) is 0.111. The first kappa shape index (κ1) is 40.4. The molecule has 11 aromatic rings. The lowest BCUT2D eigenvalue weighted by atomic mass is 9.77. The van der Waals surface area contributed by atoms with E-state index in [9.17, 15) is 0 Å². The number of allylic oxidation sites excluding steroid dienone is 4. The van der Waals surface area contributed by atoms with Crippen LogP contribution in [-0.2, 0) is 10.8 Å². The van der Waals surface area contributed by atoms with Crippen molar-refractivity contribution in [3.63, 3.8) is 0 Å². The van der Waals surface area contributed by atoms with Gasteiger partial charge in [-0.1, -0.05) is 227 Å². The van der Waals surface area contributed by atoms with Crippen molar-refractivity contribution < 1.29 is 0 Å². The van der Waals surface area contributed by atoms with Crippen LogP contribution in [0, 0.1) is 0 Å². The maximum atomic E-state index is 2.57. The van der Waals surface area contributed by atoms with E-state index in [1.165, 1.54) is 160 Å². The summed E-state index contributed by atoms with van der Waals surface area (Å²) in [5.74, 6) is 0. The van der Waals surface area contributed by atoms with Crippen LogP contribution in [0.3, 0.4) is 0 Å². The molecule has 0 heteroatoms. The third-order valence-corrected chi connectivity index (χ3v) is 17.9. The monoisotopic (exact) mass is 914 g/mol. The van der Waals surface area contributed by atoms with Crippen molar-refractivity contribution >= 4 is 37.9 Å². The topological polar surface area (TPSA) is 0 Å². The Morgan fingerprint density at radius 2 is 0.694 bits per heavy atom. The standard InChI is InChI=1S/C72H50/c1-71(2)57-29-17-15-23-45(57)47-33-31-43(39-59(47)71)63-51-27-13-11-25-49(51)61(41-19-7-5-8-20-41)67-53-35-36-54-66-56(38-37-55(65(53)66)69(63)67)70-64(44-32-34-48-46-24-16-18-30-58(46)72(3,4)60(48)40-44)52-28-14-12-26-50(52)62(68(54)70)42-21-9-6-10-22-42/h5-17,19-29,31-40H,18,30H2,1-4H3. The van der Waals surface area contributed by atoms with Crippen LogP contribution in [-0.4, -0.2) is 0 Å². The van der Waals surface area contributed by atoms with Gasteiger partial charge < -0.3 is 0 Å². The van der Waals surface area contributed by atoms with E-state index in [0.717, 1.165) is 12.8 Å². The van der Waals surface area contributed by atoms with E-state index in [0.29, 0.717) is 0 Å². The van der Waals surface area contributed by atoms with Gasteiger partial charge in [0.05, 0.1) is 0 Å². The Balaban J connectivity index is 1.02. The van der Waals surface area contributed by atoms with Crippen LogP contribution in [0.2, 0.25) is 0 Å². The Kier molecular flexibility index (Phi) is 7.96. The molecule has 0 aliphatic heterocycles. The number of hydrogen-bond donors (Lipinski definition) is 0. The summed E-state index contributed by atoms with van der Waals surface area (Å²) in [6, 6.07) is 74.7. The van der Waals surface area contributed by atoms with Gasteiger partial charge in [0, 0.05) is 10.8 Å². The Labute approximate surface area is 421 Å². The predicted octanol–water partition coefficient (Wildman–Crippen LogP) is 19.8. The molecular formula is C72H50. The molecule has 338 valence electrons. The van der Waals surface area contributed by atoms with E-state index in [2.05, 4.69) is 234 Å². The van der Waals surface area contributed by atoms with Gasteiger partial charge in [-0.05, 0) is 185 Å². The lowest BCUT2D eigenvalue weighted by Gasteiger charge is -2.26. The van der Waals surface area contributed by atoms with Gasteiger partial charge in [0.1, 0.15) is 0 Å². The molecule has 16 rings (SSSR count). The molecule has 0 amide bonds. The van der Waals surface area contributed by atoms with Gasteiger partial charge in [-0.15, -0.1) is 0 Å². The van der Waals surface area contributed by atoms with Gasteiger partial charge in [-0.3, -0.25) is 0 Å². The highest BCUT2D eigenvalue weighted by Gasteiger charge is 2.41. The highest BCUT2D eigenvalue weighted by atomic mass is 14.4. The minimum Gasteiger partial charge on any atom is -0.0836 e. The predicted molar refractivity (Wildman–Crippen MR) is 305 cm³/mol. The lowest BCUT2D eigenvalue weighted by Crippen LogP contribution is -2.17. The molecule has 0 spiro atoms. The summed E-state index contributed by atoms with van der Waals surface area (Å²) >= 11 is 0. The summed E-state index contributed by atoms with van der Waals surface area (Å²) in [4.78, 5) is 0. The van der Waals surface area contributed by atoms with Crippen LogP contribution in [0.4, 0.5) is 0 Å². The van der Waals surface area contributed by atoms with Crippen LogP contribution in [0.5, 0.6) is 0 Å². The molecule has 11 aromatic carbocycles.